The quantitative estimate of drug-likeness (QED) is 0.760. The van der Waals surface area contributed by atoms with E-state index in [-0.39, 0.29) is 0 Å². The Morgan fingerprint density at radius 2 is 2.40 bits per heavy atom. The number of nitrogens with zero attached hydrogens (tertiary/aromatic N) is 1. The van der Waals surface area contributed by atoms with Crippen LogP contribution in [0.15, 0.2) is 18.5 Å². The lowest BCUT2D eigenvalue weighted by Gasteiger charge is -2.32. The molecule has 3 heteroatoms. The maximum absolute atomic E-state index is 10.3. The van der Waals surface area contributed by atoms with Gasteiger partial charge in [-0.2, -0.15) is 0 Å². The van der Waals surface area contributed by atoms with E-state index in [4.69, 9.17) is 0 Å². The third-order valence-electron chi connectivity index (χ3n) is 2.91. The third-order valence-corrected chi connectivity index (χ3v) is 2.91. The Morgan fingerprint density at radius 3 is 3.07 bits per heavy atom. The fourth-order valence-corrected chi connectivity index (χ4v) is 2.20. The van der Waals surface area contributed by atoms with Gasteiger partial charge in [0, 0.05) is 25.4 Å². The average Bonchev–Trinajstić information content (AvgIpc) is 2.18. The topological polar surface area (TPSA) is 45.2 Å². The van der Waals surface area contributed by atoms with Gasteiger partial charge in [0.05, 0.1) is 5.60 Å². The van der Waals surface area contributed by atoms with E-state index in [1.165, 1.54) is 0 Å². The summed E-state index contributed by atoms with van der Waals surface area (Å²) in [6.45, 7) is 3.75. The molecule has 1 aliphatic heterocycles. The summed E-state index contributed by atoms with van der Waals surface area (Å²) >= 11 is 0. The summed E-state index contributed by atoms with van der Waals surface area (Å²) in [7, 11) is 0. The summed E-state index contributed by atoms with van der Waals surface area (Å²) in [6, 6.07) is 2.10. The monoisotopic (exact) mass is 206 g/mol. The summed E-state index contributed by atoms with van der Waals surface area (Å²) in [5, 5.41) is 13.6. The standard InChI is InChI=1S/C12H18N2O/c1-10-5-11(8-14-7-10)6-12(15)3-2-4-13-9-12/h5,7-8,13,15H,2-4,6,9H2,1H3. The molecule has 0 aliphatic carbocycles. The average molecular weight is 206 g/mol. The minimum Gasteiger partial charge on any atom is -0.388 e. The molecule has 1 fully saturated rings. The van der Waals surface area contributed by atoms with E-state index in [2.05, 4.69) is 16.4 Å². The molecule has 0 spiro atoms. The van der Waals surface area contributed by atoms with Crippen molar-refractivity contribution < 1.29 is 5.11 Å². The molecule has 1 unspecified atom stereocenters. The first kappa shape index (κ1) is 10.6. The van der Waals surface area contributed by atoms with Crippen LogP contribution in [0.1, 0.15) is 24.0 Å². The van der Waals surface area contributed by atoms with E-state index in [1.54, 1.807) is 0 Å². The van der Waals surface area contributed by atoms with E-state index in [1.807, 2.05) is 19.3 Å². The van der Waals surface area contributed by atoms with Gasteiger partial charge < -0.3 is 10.4 Å². The fraction of sp³-hybridized carbons (Fsp3) is 0.583. The van der Waals surface area contributed by atoms with E-state index in [0.717, 1.165) is 30.5 Å². The molecule has 2 N–H and O–H groups in total. The predicted molar refractivity (Wildman–Crippen MR) is 59.7 cm³/mol. The second-order valence-electron chi connectivity index (χ2n) is 4.55. The second-order valence-corrected chi connectivity index (χ2v) is 4.55. The van der Waals surface area contributed by atoms with Crippen molar-refractivity contribution in [3.05, 3.63) is 29.6 Å². The molecule has 15 heavy (non-hydrogen) atoms. The normalized spacial score (nSPS) is 26.5. The summed E-state index contributed by atoms with van der Waals surface area (Å²) in [4.78, 5) is 4.15. The third kappa shape index (κ3) is 2.76. The van der Waals surface area contributed by atoms with Gasteiger partial charge in [0.25, 0.3) is 0 Å². The molecule has 1 aliphatic rings. The molecule has 1 aromatic rings. The molecule has 1 saturated heterocycles. The van der Waals surface area contributed by atoms with Crippen molar-refractivity contribution in [2.24, 2.45) is 0 Å². The maximum atomic E-state index is 10.3. The molecule has 82 valence electrons. The van der Waals surface area contributed by atoms with Gasteiger partial charge in [-0.05, 0) is 37.4 Å². The van der Waals surface area contributed by atoms with Crippen LogP contribution >= 0.6 is 0 Å². The number of aliphatic hydroxyl groups is 1. The van der Waals surface area contributed by atoms with Crippen LogP contribution in [0.3, 0.4) is 0 Å². The summed E-state index contributed by atoms with van der Waals surface area (Å²) < 4.78 is 0. The predicted octanol–water partition coefficient (Wildman–Crippen LogP) is 1.05. The van der Waals surface area contributed by atoms with Gasteiger partial charge in [-0.15, -0.1) is 0 Å². The van der Waals surface area contributed by atoms with E-state index < -0.39 is 5.60 Å². The number of hydrogen-bond donors (Lipinski definition) is 2. The maximum Gasteiger partial charge on any atom is 0.0812 e. The van der Waals surface area contributed by atoms with Crippen molar-refractivity contribution in [1.29, 1.82) is 0 Å². The minimum absolute atomic E-state index is 0.576. The number of piperidine rings is 1. The van der Waals surface area contributed by atoms with Crippen molar-refractivity contribution in [3.63, 3.8) is 0 Å². The van der Waals surface area contributed by atoms with Crippen molar-refractivity contribution in [1.82, 2.24) is 10.3 Å². The van der Waals surface area contributed by atoms with Crippen molar-refractivity contribution in [2.45, 2.75) is 31.8 Å². The molecule has 0 amide bonds. The van der Waals surface area contributed by atoms with Crippen LogP contribution in [0.2, 0.25) is 0 Å². The number of nitrogens with one attached hydrogen (secondary N) is 1. The Labute approximate surface area is 90.5 Å². The van der Waals surface area contributed by atoms with E-state index >= 15 is 0 Å². The number of aryl methyl sites for hydroxylation is 1. The molecule has 2 heterocycles. The zero-order chi connectivity index (χ0) is 10.7. The molecule has 0 aromatic carbocycles. The first-order chi connectivity index (χ1) is 7.18. The Bertz CT molecular complexity index is 332. The molecular weight excluding hydrogens is 188 g/mol. The van der Waals surface area contributed by atoms with Crippen molar-refractivity contribution in [3.8, 4) is 0 Å². The Kier molecular flexibility index (Phi) is 3.03. The molecule has 1 aromatic heterocycles. The molecular formula is C12H18N2O. The Morgan fingerprint density at radius 1 is 1.53 bits per heavy atom. The van der Waals surface area contributed by atoms with Crippen LogP contribution in [0.5, 0.6) is 0 Å². The largest absolute Gasteiger partial charge is 0.388 e. The van der Waals surface area contributed by atoms with Crippen molar-refractivity contribution >= 4 is 0 Å². The summed E-state index contributed by atoms with van der Waals surface area (Å²) in [5.41, 5.74) is 1.70. The number of rotatable bonds is 2. The van der Waals surface area contributed by atoms with Gasteiger partial charge in [-0.1, -0.05) is 6.07 Å². The highest BCUT2D eigenvalue weighted by Crippen LogP contribution is 2.21. The molecule has 1 atom stereocenters. The SMILES string of the molecule is Cc1cncc(CC2(O)CCCNC2)c1. The van der Waals surface area contributed by atoms with Gasteiger partial charge in [0.1, 0.15) is 0 Å². The number of hydrogen-bond acceptors (Lipinski definition) is 3. The van der Waals surface area contributed by atoms with Crippen LogP contribution in [-0.4, -0.2) is 28.8 Å². The molecule has 3 nitrogen and oxygen atoms in total. The van der Waals surface area contributed by atoms with Crippen LogP contribution < -0.4 is 5.32 Å². The van der Waals surface area contributed by atoms with Gasteiger partial charge >= 0.3 is 0 Å². The molecule has 0 bridgehead atoms. The van der Waals surface area contributed by atoms with Gasteiger partial charge in [0.15, 0.2) is 0 Å². The number of pyridine rings is 1. The molecule has 2 rings (SSSR count). The van der Waals surface area contributed by atoms with Gasteiger partial charge in [-0.25, -0.2) is 0 Å². The Balaban J connectivity index is 2.06. The smallest absolute Gasteiger partial charge is 0.0812 e. The highest BCUT2D eigenvalue weighted by Gasteiger charge is 2.29. The summed E-state index contributed by atoms with van der Waals surface area (Å²) in [6.07, 6.45) is 6.32. The van der Waals surface area contributed by atoms with E-state index in [0.29, 0.717) is 13.0 Å². The van der Waals surface area contributed by atoms with Crippen molar-refractivity contribution in [2.75, 3.05) is 13.1 Å². The lowest BCUT2D eigenvalue weighted by molar-refractivity contribution is 0.0169. The van der Waals surface area contributed by atoms with E-state index in [9.17, 15) is 5.11 Å². The van der Waals surface area contributed by atoms with Crippen LogP contribution in [-0.2, 0) is 6.42 Å². The van der Waals surface area contributed by atoms with Gasteiger partial charge in [-0.3, -0.25) is 4.98 Å². The zero-order valence-electron chi connectivity index (χ0n) is 9.16. The highest BCUT2D eigenvalue weighted by atomic mass is 16.3. The Hall–Kier alpha value is -0.930. The number of aromatic nitrogens is 1. The van der Waals surface area contributed by atoms with Gasteiger partial charge in [0.2, 0.25) is 0 Å². The lowest BCUT2D eigenvalue weighted by Crippen LogP contribution is -2.47. The first-order valence-electron chi connectivity index (χ1n) is 5.52. The number of β-amino-alcohol motifs (C(OH)–C–C–N with tert-alkyl or cyclic N) is 1. The minimum atomic E-state index is -0.576. The lowest BCUT2D eigenvalue weighted by atomic mass is 9.88. The highest BCUT2D eigenvalue weighted by molar-refractivity contribution is 5.19. The fourth-order valence-electron chi connectivity index (χ4n) is 2.20. The first-order valence-corrected chi connectivity index (χ1v) is 5.52. The van der Waals surface area contributed by atoms with Crippen LogP contribution in [0, 0.1) is 6.92 Å². The molecule has 0 radical (unpaired) electrons. The van der Waals surface area contributed by atoms with Crippen LogP contribution in [0.4, 0.5) is 0 Å². The van der Waals surface area contributed by atoms with Crippen LogP contribution in [0.25, 0.3) is 0 Å². The second kappa shape index (κ2) is 4.29. The summed E-state index contributed by atoms with van der Waals surface area (Å²) in [5.74, 6) is 0. The molecule has 0 saturated carbocycles. The zero-order valence-corrected chi connectivity index (χ0v) is 9.16.